The molecule has 0 spiro atoms. The van der Waals surface area contributed by atoms with Gasteiger partial charge in [-0.1, -0.05) is 65.8 Å². The largest absolute Gasteiger partial charge is 0.493 e. The molecule has 0 bridgehead atoms. The molecule has 0 aromatic heterocycles. The average molecular weight is 709 g/mol. The molecule has 50 heavy (non-hydrogen) atoms. The van der Waals surface area contributed by atoms with Crippen molar-refractivity contribution in [3.05, 3.63) is 82.7 Å². The molecule has 2 unspecified atom stereocenters. The first-order valence-electron chi connectivity index (χ1n) is 17.4. The molecule has 272 valence electrons. The van der Waals surface area contributed by atoms with E-state index in [9.17, 15) is 14.0 Å². The van der Waals surface area contributed by atoms with E-state index < -0.39 is 11.4 Å². The highest BCUT2D eigenvalue weighted by atomic mass is 32.2. The minimum atomic E-state index is -0.748. The number of benzene rings is 3. The van der Waals surface area contributed by atoms with Crippen molar-refractivity contribution in [3.8, 4) is 23.0 Å². The van der Waals surface area contributed by atoms with Gasteiger partial charge in [-0.15, -0.1) is 11.8 Å². The van der Waals surface area contributed by atoms with E-state index in [2.05, 4.69) is 65.1 Å². The molecule has 2 amide bonds. The maximum atomic E-state index is 14.2. The number of unbranched alkanes of at least 4 members (excludes halogenated alkanes) is 1. The van der Waals surface area contributed by atoms with Crippen molar-refractivity contribution in [3.63, 3.8) is 0 Å². The molecule has 1 aliphatic rings. The van der Waals surface area contributed by atoms with E-state index in [0.717, 1.165) is 30.6 Å². The summed E-state index contributed by atoms with van der Waals surface area (Å²) in [5.41, 5.74) is 3.60. The van der Waals surface area contributed by atoms with Crippen molar-refractivity contribution in [2.24, 2.45) is 0 Å². The second kappa shape index (κ2) is 16.9. The predicted molar refractivity (Wildman–Crippen MR) is 198 cm³/mol. The van der Waals surface area contributed by atoms with Gasteiger partial charge in [0.15, 0.2) is 11.5 Å². The smallest absolute Gasteiger partial charge is 0.256 e. The summed E-state index contributed by atoms with van der Waals surface area (Å²) in [7, 11) is 4.45. The van der Waals surface area contributed by atoms with E-state index in [4.69, 9.17) is 18.9 Å². The van der Waals surface area contributed by atoms with Crippen molar-refractivity contribution in [1.29, 1.82) is 0 Å². The van der Waals surface area contributed by atoms with Crippen molar-refractivity contribution in [2.45, 2.75) is 89.5 Å². The number of carbonyl (C=O) groups is 2. The molecular weight excluding hydrogens is 656 g/mol. The third-order valence-electron chi connectivity index (χ3n) is 9.99. The van der Waals surface area contributed by atoms with Gasteiger partial charge in [0, 0.05) is 23.4 Å². The molecule has 1 fully saturated rings. The van der Waals surface area contributed by atoms with Crippen LogP contribution in [0.2, 0.25) is 0 Å². The van der Waals surface area contributed by atoms with E-state index in [1.807, 2.05) is 0 Å². The SMILES string of the molecule is CCC(C)(C)c1ccc(OCCCCNC(=O)C2CSC(c3ccc(F)cc3)N2C(=O)c2cc(OC)c(OC)c(OC)c2)c(C(C)(C)CC)c1. The van der Waals surface area contributed by atoms with Gasteiger partial charge in [-0.2, -0.15) is 0 Å². The molecule has 1 saturated heterocycles. The van der Waals surface area contributed by atoms with Crippen molar-refractivity contribution >= 4 is 23.6 Å². The molecular formula is C40H53FN2O6S. The molecule has 1 heterocycles. The number of nitrogens with zero attached hydrogens (tertiary/aromatic N) is 1. The summed E-state index contributed by atoms with van der Waals surface area (Å²) < 4.78 is 36.6. The van der Waals surface area contributed by atoms with Crippen LogP contribution in [-0.4, -0.2) is 63.0 Å². The number of rotatable bonds is 16. The topological polar surface area (TPSA) is 86.3 Å². The fraction of sp³-hybridized carbons (Fsp3) is 0.500. The van der Waals surface area contributed by atoms with Crippen molar-refractivity contribution in [2.75, 3.05) is 40.2 Å². The lowest BCUT2D eigenvalue weighted by Crippen LogP contribution is -2.48. The fourth-order valence-electron chi connectivity index (χ4n) is 5.93. The second-order valence-corrected chi connectivity index (χ2v) is 15.0. The van der Waals surface area contributed by atoms with E-state index in [1.54, 1.807) is 29.2 Å². The first-order valence-corrected chi connectivity index (χ1v) is 18.4. The Kier molecular flexibility index (Phi) is 13.1. The third kappa shape index (κ3) is 8.68. The van der Waals surface area contributed by atoms with Gasteiger partial charge in [-0.3, -0.25) is 9.59 Å². The molecule has 3 aromatic carbocycles. The Labute approximate surface area is 301 Å². The van der Waals surface area contributed by atoms with Crippen LogP contribution in [0.15, 0.2) is 54.6 Å². The number of thioether (sulfide) groups is 1. The summed E-state index contributed by atoms with van der Waals surface area (Å²) in [5, 5.41) is 2.55. The molecule has 1 aliphatic heterocycles. The Morgan fingerprint density at radius 1 is 0.860 bits per heavy atom. The highest BCUT2D eigenvalue weighted by Crippen LogP contribution is 2.44. The highest BCUT2D eigenvalue weighted by Gasteiger charge is 2.43. The number of carbonyl (C=O) groups excluding carboxylic acids is 2. The van der Waals surface area contributed by atoms with Crippen LogP contribution in [0.25, 0.3) is 0 Å². The molecule has 0 radical (unpaired) electrons. The van der Waals surface area contributed by atoms with Gasteiger partial charge in [-0.05, 0) is 78.0 Å². The number of nitrogens with one attached hydrogen (secondary N) is 1. The van der Waals surface area contributed by atoms with Gasteiger partial charge < -0.3 is 29.2 Å². The Hall–Kier alpha value is -3.92. The van der Waals surface area contributed by atoms with E-state index >= 15 is 0 Å². The fourth-order valence-corrected chi connectivity index (χ4v) is 7.36. The molecule has 3 aromatic rings. The standard InChI is InChI=1S/C40H53FN2O6S/c1-10-39(3,4)28-16-19-32(30(24-28)40(5,6)11-2)49-21-13-12-20-42-36(44)31-25-50-38(26-14-17-29(41)18-15-26)43(31)37(45)27-22-33(46-7)35(48-9)34(23-27)47-8/h14-19,22-24,31,38H,10-13,20-21,25H2,1-9H3,(H,42,44). The van der Waals surface area contributed by atoms with Crippen LogP contribution in [0.5, 0.6) is 23.0 Å². The number of amides is 2. The number of ether oxygens (including phenoxy) is 4. The van der Waals surface area contributed by atoms with Crippen LogP contribution in [-0.2, 0) is 15.6 Å². The van der Waals surface area contributed by atoms with Crippen LogP contribution in [0.3, 0.4) is 0 Å². The lowest BCUT2D eigenvalue weighted by molar-refractivity contribution is -0.124. The minimum Gasteiger partial charge on any atom is -0.493 e. The first kappa shape index (κ1) is 38.9. The Bertz CT molecular complexity index is 1600. The van der Waals surface area contributed by atoms with E-state index in [-0.39, 0.29) is 34.0 Å². The number of halogens is 1. The maximum absolute atomic E-state index is 14.2. The molecule has 10 heteroatoms. The molecule has 1 N–H and O–H groups in total. The van der Waals surface area contributed by atoms with Gasteiger partial charge >= 0.3 is 0 Å². The number of methoxy groups -OCH3 is 3. The predicted octanol–water partition coefficient (Wildman–Crippen LogP) is 8.46. The number of hydrogen-bond acceptors (Lipinski definition) is 7. The van der Waals surface area contributed by atoms with E-state index in [1.165, 1.54) is 56.4 Å². The van der Waals surface area contributed by atoms with Gasteiger partial charge in [0.05, 0.1) is 27.9 Å². The Morgan fingerprint density at radius 2 is 1.50 bits per heavy atom. The molecule has 0 aliphatic carbocycles. The van der Waals surface area contributed by atoms with Crippen LogP contribution < -0.4 is 24.3 Å². The Balaban J connectivity index is 1.45. The first-order chi connectivity index (χ1) is 23.8. The molecule has 8 nitrogen and oxygen atoms in total. The minimum absolute atomic E-state index is 0.0282. The summed E-state index contributed by atoms with van der Waals surface area (Å²) >= 11 is 1.46. The lowest BCUT2D eigenvalue weighted by atomic mass is 9.76. The zero-order valence-electron chi connectivity index (χ0n) is 31.0. The van der Waals surface area contributed by atoms with Crippen molar-refractivity contribution < 1.29 is 32.9 Å². The van der Waals surface area contributed by atoms with Crippen molar-refractivity contribution in [1.82, 2.24) is 10.2 Å². The van der Waals surface area contributed by atoms with Crippen LogP contribution in [0, 0.1) is 5.82 Å². The summed E-state index contributed by atoms with van der Waals surface area (Å²) in [6.07, 6.45) is 3.50. The number of hydrogen-bond donors (Lipinski definition) is 1. The molecule has 0 saturated carbocycles. The molecule has 4 rings (SSSR count). The lowest BCUT2D eigenvalue weighted by Gasteiger charge is -2.30. The quantitative estimate of drug-likeness (QED) is 0.150. The summed E-state index contributed by atoms with van der Waals surface area (Å²) in [6, 6.07) is 15.0. The second-order valence-electron chi connectivity index (χ2n) is 13.9. The van der Waals surface area contributed by atoms with Crippen LogP contribution >= 0.6 is 11.8 Å². The highest BCUT2D eigenvalue weighted by molar-refractivity contribution is 7.99. The van der Waals surface area contributed by atoms with Gasteiger partial charge in [0.2, 0.25) is 11.7 Å². The monoisotopic (exact) mass is 708 g/mol. The van der Waals surface area contributed by atoms with Gasteiger partial charge in [-0.25, -0.2) is 4.39 Å². The van der Waals surface area contributed by atoms with Gasteiger partial charge in [0.25, 0.3) is 5.91 Å². The maximum Gasteiger partial charge on any atom is 0.256 e. The van der Waals surface area contributed by atoms with Gasteiger partial charge in [0.1, 0.15) is 23.0 Å². The zero-order chi connectivity index (χ0) is 36.6. The summed E-state index contributed by atoms with van der Waals surface area (Å²) in [6.45, 7) is 14.4. The normalized spacial score (nSPS) is 16.2. The third-order valence-corrected chi connectivity index (χ3v) is 11.3. The molecule has 2 atom stereocenters. The van der Waals surface area contributed by atoms with Crippen LogP contribution in [0.1, 0.15) is 99.6 Å². The summed E-state index contributed by atoms with van der Waals surface area (Å²) in [5.74, 6) is 1.31. The average Bonchev–Trinajstić information content (AvgIpc) is 3.57. The summed E-state index contributed by atoms with van der Waals surface area (Å²) in [4.78, 5) is 29.4. The Morgan fingerprint density at radius 3 is 2.08 bits per heavy atom. The van der Waals surface area contributed by atoms with E-state index in [0.29, 0.717) is 42.6 Å². The van der Waals surface area contributed by atoms with Crippen LogP contribution in [0.4, 0.5) is 4.39 Å². The zero-order valence-corrected chi connectivity index (χ0v) is 31.8.